The van der Waals surface area contributed by atoms with E-state index in [9.17, 15) is 13.2 Å². The Bertz CT molecular complexity index is 697. The minimum absolute atomic E-state index is 0.112. The number of benzene rings is 1. The third-order valence-corrected chi connectivity index (χ3v) is 6.25. The number of hydrogen-bond acceptors (Lipinski definition) is 3. The number of carbonyl (C=O) groups excluding carboxylic acids is 1. The molecule has 0 aromatic heterocycles. The monoisotopic (exact) mass is 352 g/mol. The predicted octanol–water partition coefficient (Wildman–Crippen LogP) is 2.54. The van der Waals surface area contributed by atoms with Gasteiger partial charge < -0.3 is 4.90 Å². The zero-order chi connectivity index (χ0) is 18.1. The van der Waals surface area contributed by atoms with Crippen molar-refractivity contribution in [2.24, 2.45) is 5.92 Å². The molecule has 134 valence electrons. The minimum atomic E-state index is -3.75. The van der Waals surface area contributed by atoms with Crippen LogP contribution in [0.5, 0.6) is 0 Å². The first kappa shape index (κ1) is 18.9. The van der Waals surface area contributed by atoms with Gasteiger partial charge in [-0.2, -0.15) is 4.72 Å². The Morgan fingerprint density at radius 1 is 1.08 bits per heavy atom. The van der Waals surface area contributed by atoms with Crippen LogP contribution in [-0.4, -0.2) is 38.4 Å². The fraction of sp³-hybridized carbons (Fsp3) is 0.611. The highest BCUT2D eigenvalue weighted by Gasteiger charge is 2.33. The largest absolute Gasteiger partial charge is 0.341 e. The summed E-state index contributed by atoms with van der Waals surface area (Å²) in [5.41, 5.74) is 2.43. The fourth-order valence-corrected chi connectivity index (χ4v) is 5.21. The Labute approximate surface area is 145 Å². The normalized spacial score (nSPS) is 16.7. The SMILES string of the molecule is Cc1cc(C)c(S(=O)(=O)N[C@H](C(=O)N2CCCC2)C(C)C)c(C)c1. The van der Waals surface area contributed by atoms with E-state index in [4.69, 9.17) is 0 Å². The molecule has 5 nitrogen and oxygen atoms in total. The molecule has 0 unspecified atom stereocenters. The fourth-order valence-electron chi connectivity index (χ4n) is 3.42. The van der Waals surface area contributed by atoms with Crippen LogP contribution in [0.15, 0.2) is 17.0 Å². The molecule has 1 heterocycles. The predicted molar refractivity (Wildman–Crippen MR) is 95.4 cm³/mol. The third-order valence-electron chi connectivity index (χ3n) is 4.51. The first-order valence-corrected chi connectivity index (χ1v) is 10.0. The second-order valence-corrected chi connectivity index (χ2v) is 8.75. The number of sulfonamides is 1. The van der Waals surface area contributed by atoms with Gasteiger partial charge in [0.05, 0.1) is 4.90 Å². The Balaban J connectivity index is 2.33. The van der Waals surface area contributed by atoms with Crippen LogP contribution in [0, 0.1) is 26.7 Å². The van der Waals surface area contributed by atoms with E-state index >= 15 is 0 Å². The van der Waals surface area contributed by atoms with E-state index in [1.54, 1.807) is 18.7 Å². The van der Waals surface area contributed by atoms with Gasteiger partial charge in [-0.05, 0) is 50.7 Å². The maximum absolute atomic E-state index is 12.9. The zero-order valence-corrected chi connectivity index (χ0v) is 16.0. The number of nitrogens with one attached hydrogen (secondary N) is 1. The molecule has 2 rings (SSSR count). The lowest BCUT2D eigenvalue weighted by molar-refractivity contribution is -0.132. The van der Waals surface area contributed by atoms with Crippen molar-refractivity contribution >= 4 is 15.9 Å². The molecule has 1 aliphatic rings. The highest BCUT2D eigenvalue weighted by Crippen LogP contribution is 2.23. The molecule has 1 aromatic carbocycles. The first-order valence-electron chi connectivity index (χ1n) is 8.52. The minimum Gasteiger partial charge on any atom is -0.341 e. The summed E-state index contributed by atoms with van der Waals surface area (Å²) in [6.45, 7) is 10.7. The van der Waals surface area contributed by atoms with Crippen molar-refractivity contribution in [3.8, 4) is 0 Å². The van der Waals surface area contributed by atoms with Gasteiger partial charge in [0, 0.05) is 13.1 Å². The third kappa shape index (κ3) is 3.98. The van der Waals surface area contributed by atoms with Gasteiger partial charge in [-0.25, -0.2) is 8.42 Å². The summed E-state index contributed by atoms with van der Waals surface area (Å²) in [5, 5.41) is 0. The van der Waals surface area contributed by atoms with Gasteiger partial charge in [0.15, 0.2) is 0 Å². The standard InChI is InChI=1S/C18H28N2O3S/c1-12(2)16(18(21)20-8-6-7-9-20)19-24(22,23)17-14(4)10-13(3)11-15(17)5/h10-12,16,19H,6-9H2,1-5H3/t16-/m0/s1. The molecule has 0 saturated carbocycles. The van der Waals surface area contributed by atoms with Gasteiger partial charge in [-0.15, -0.1) is 0 Å². The number of aryl methyl sites for hydroxylation is 3. The number of rotatable bonds is 5. The van der Waals surface area contributed by atoms with Crippen molar-refractivity contribution in [2.75, 3.05) is 13.1 Å². The van der Waals surface area contributed by atoms with E-state index < -0.39 is 16.1 Å². The Morgan fingerprint density at radius 3 is 2.04 bits per heavy atom. The molecule has 1 N–H and O–H groups in total. The lowest BCUT2D eigenvalue weighted by atomic mass is 10.0. The average molecular weight is 353 g/mol. The molecular weight excluding hydrogens is 324 g/mol. The molecule has 1 atom stereocenters. The summed E-state index contributed by atoms with van der Waals surface area (Å²) < 4.78 is 28.5. The number of amides is 1. The number of hydrogen-bond donors (Lipinski definition) is 1. The lowest BCUT2D eigenvalue weighted by Crippen LogP contribution is -2.50. The van der Waals surface area contributed by atoms with Crippen LogP contribution in [0.2, 0.25) is 0 Å². The van der Waals surface area contributed by atoms with Gasteiger partial charge in [-0.1, -0.05) is 31.5 Å². The van der Waals surface area contributed by atoms with Gasteiger partial charge in [0.25, 0.3) is 0 Å². The lowest BCUT2D eigenvalue weighted by Gasteiger charge is -2.27. The molecule has 0 radical (unpaired) electrons. The second kappa shape index (κ2) is 7.23. The van der Waals surface area contributed by atoms with Crippen LogP contribution in [0.25, 0.3) is 0 Å². The van der Waals surface area contributed by atoms with Crippen molar-refractivity contribution in [2.45, 2.75) is 58.4 Å². The Kier molecular flexibility index (Phi) is 5.71. The summed E-state index contributed by atoms with van der Waals surface area (Å²) in [4.78, 5) is 14.8. The van der Waals surface area contributed by atoms with Crippen LogP contribution in [0.3, 0.4) is 0 Å². The molecule has 1 fully saturated rings. The van der Waals surface area contributed by atoms with Gasteiger partial charge in [0.2, 0.25) is 15.9 Å². The van der Waals surface area contributed by atoms with Crippen molar-refractivity contribution < 1.29 is 13.2 Å². The number of likely N-dealkylation sites (tertiary alicyclic amines) is 1. The van der Waals surface area contributed by atoms with Crippen LogP contribution >= 0.6 is 0 Å². The number of carbonyl (C=O) groups is 1. The first-order chi connectivity index (χ1) is 11.1. The quantitative estimate of drug-likeness (QED) is 0.885. The molecule has 1 aromatic rings. The molecule has 24 heavy (non-hydrogen) atoms. The maximum atomic E-state index is 12.9. The van der Waals surface area contributed by atoms with Gasteiger partial charge >= 0.3 is 0 Å². The van der Waals surface area contributed by atoms with E-state index in [2.05, 4.69) is 4.72 Å². The molecule has 1 amide bonds. The topological polar surface area (TPSA) is 66.5 Å². The van der Waals surface area contributed by atoms with E-state index in [0.717, 1.165) is 18.4 Å². The molecule has 0 bridgehead atoms. The summed E-state index contributed by atoms with van der Waals surface area (Å²) in [7, 11) is -3.75. The summed E-state index contributed by atoms with van der Waals surface area (Å²) in [6.07, 6.45) is 1.97. The smallest absolute Gasteiger partial charge is 0.241 e. The molecule has 1 aliphatic heterocycles. The molecule has 0 aliphatic carbocycles. The highest BCUT2D eigenvalue weighted by atomic mass is 32.2. The molecule has 6 heteroatoms. The molecule has 0 spiro atoms. The van der Waals surface area contributed by atoms with E-state index in [-0.39, 0.29) is 16.7 Å². The average Bonchev–Trinajstić information content (AvgIpc) is 2.96. The zero-order valence-electron chi connectivity index (χ0n) is 15.2. The van der Waals surface area contributed by atoms with Crippen molar-refractivity contribution in [3.63, 3.8) is 0 Å². The highest BCUT2D eigenvalue weighted by molar-refractivity contribution is 7.89. The summed E-state index contributed by atoms with van der Waals surface area (Å²) in [6, 6.07) is 2.98. The van der Waals surface area contributed by atoms with Crippen LogP contribution < -0.4 is 4.72 Å². The molecular formula is C18H28N2O3S. The van der Waals surface area contributed by atoms with Crippen LogP contribution in [-0.2, 0) is 14.8 Å². The van der Waals surface area contributed by atoms with Crippen molar-refractivity contribution in [1.82, 2.24) is 9.62 Å². The summed E-state index contributed by atoms with van der Waals surface area (Å²) in [5.74, 6) is -0.229. The maximum Gasteiger partial charge on any atom is 0.241 e. The Morgan fingerprint density at radius 2 is 1.58 bits per heavy atom. The number of nitrogens with zero attached hydrogens (tertiary/aromatic N) is 1. The Hall–Kier alpha value is -1.40. The summed E-state index contributed by atoms with van der Waals surface area (Å²) >= 11 is 0. The van der Waals surface area contributed by atoms with Crippen molar-refractivity contribution in [3.05, 3.63) is 28.8 Å². The van der Waals surface area contributed by atoms with Gasteiger partial charge in [-0.3, -0.25) is 4.79 Å². The van der Waals surface area contributed by atoms with E-state index in [1.807, 2.05) is 32.9 Å². The van der Waals surface area contributed by atoms with Crippen LogP contribution in [0.1, 0.15) is 43.4 Å². The molecule has 1 saturated heterocycles. The second-order valence-electron chi connectivity index (χ2n) is 7.10. The van der Waals surface area contributed by atoms with Crippen molar-refractivity contribution in [1.29, 1.82) is 0 Å². The van der Waals surface area contributed by atoms with E-state index in [0.29, 0.717) is 24.2 Å². The van der Waals surface area contributed by atoms with Gasteiger partial charge in [0.1, 0.15) is 6.04 Å². The van der Waals surface area contributed by atoms with Crippen LogP contribution in [0.4, 0.5) is 0 Å². The van der Waals surface area contributed by atoms with E-state index in [1.165, 1.54) is 0 Å².